The van der Waals surface area contributed by atoms with Crippen molar-refractivity contribution in [3.05, 3.63) is 46.5 Å². The van der Waals surface area contributed by atoms with E-state index in [0.717, 1.165) is 11.3 Å². The summed E-state index contributed by atoms with van der Waals surface area (Å²) in [5.74, 6) is 0.0674. The molecule has 3 aromatic rings. The fourth-order valence-corrected chi connectivity index (χ4v) is 2.94. The summed E-state index contributed by atoms with van der Waals surface area (Å²) in [6.45, 7) is 1.97. The van der Waals surface area contributed by atoms with Gasteiger partial charge in [-0.2, -0.15) is 0 Å². The van der Waals surface area contributed by atoms with Crippen molar-refractivity contribution in [3.8, 4) is 0 Å². The van der Waals surface area contributed by atoms with Crippen molar-refractivity contribution >= 4 is 34.5 Å². The van der Waals surface area contributed by atoms with Crippen LogP contribution in [0.1, 0.15) is 5.56 Å². The first-order valence-corrected chi connectivity index (χ1v) is 7.92. The van der Waals surface area contributed by atoms with Gasteiger partial charge in [0.2, 0.25) is 5.91 Å². The summed E-state index contributed by atoms with van der Waals surface area (Å²) in [6.07, 6.45) is 1.34. The highest BCUT2D eigenvalue weighted by atomic mass is 32.2. The highest BCUT2D eigenvalue weighted by Crippen LogP contribution is 2.20. The maximum Gasteiger partial charge on any atom is 0.278 e. The minimum Gasteiger partial charge on any atom is -0.325 e. The summed E-state index contributed by atoms with van der Waals surface area (Å²) in [7, 11) is 1.77. The van der Waals surface area contributed by atoms with Gasteiger partial charge < -0.3 is 14.9 Å². The van der Waals surface area contributed by atoms with Crippen molar-refractivity contribution in [2.75, 3.05) is 11.1 Å². The van der Waals surface area contributed by atoms with Crippen LogP contribution in [-0.2, 0) is 11.8 Å². The summed E-state index contributed by atoms with van der Waals surface area (Å²) >= 11 is 1.26. The Morgan fingerprint density at radius 2 is 2.26 bits per heavy atom. The predicted molar refractivity (Wildman–Crippen MR) is 89.7 cm³/mol. The number of benzene rings is 1. The molecule has 0 aliphatic rings. The number of H-pyrrole nitrogens is 1. The molecule has 0 spiro atoms. The molecule has 118 valence electrons. The zero-order valence-corrected chi connectivity index (χ0v) is 13.5. The number of rotatable bonds is 4. The molecular weight excluding hydrogens is 314 g/mol. The molecule has 1 aromatic carbocycles. The van der Waals surface area contributed by atoms with Gasteiger partial charge in [-0.25, -0.2) is 9.97 Å². The van der Waals surface area contributed by atoms with Crippen LogP contribution in [-0.4, -0.2) is 31.2 Å². The Morgan fingerprint density at radius 1 is 1.43 bits per heavy atom. The van der Waals surface area contributed by atoms with Gasteiger partial charge in [0.05, 0.1) is 12.1 Å². The first-order valence-electron chi connectivity index (χ1n) is 6.94. The molecule has 0 saturated heterocycles. The second-order valence-electron chi connectivity index (χ2n) is 5.06. The summed E-state index contributed by atoms with van der Waals surface area (Å²) < 4.78 is 1.70. The smallest absolute Gasteiger partial charge is 0.278 e. The first kappa shape index (κ1) is 15.3. The van der Waals surface area contributed by atoms with E-state index in [-0.39, 0.29) is 22.7 Å². The zero-order chi connectivity index (χ0) is 16.4. The molecule has 0 fully saturated rings. The standard InChI is InChI=1S/C15H15N5O2S/c1-9-4-3-5-10(6-9)18-11(21)7-23-15-19-12-13(20(15)2)16-8-17-14(12)22/h3-6,8H,7H2,1-2H3,(H,18,21)(H,16,17,22). The molecular formula is C15H15N5O2S. The highest BCUT2D eigenvalue weighted by Gasteiger charge is 2.13. The van der Waals surface area contributed by atoms with Gasteiger partial charge in [-0.3, -0.25) is 9.59 Å². The predicted octanol–water partition coefficient (Wildman–Crippen LogP) is 1.70. The molecule has 0 saturated carbocycles. The van der Waals surface area contributed by atoms with Gasteiger partial charge in [0.1, 0.15) is 0 Å². The lowest BCUT2D eigenvalue weighted by Crippen LogP contribution is -2.14. The lowest BCUT2D eigenvalue weighted by Gasteiger charge is -2.05. The van der Waals surface area contributed by atoms with Crippen LogP contribution in [0.15, 0.2) is 40.5 Å². The number of nitrogens with one attached hydrogen (secondary N) is 2. The Morgan fingerprint density at radius 3 is 3.00 bits per heavy atom. The van der Waals surface area contributed by atoms with Crippen LogP contribution in [0.3, 0.4) is 0 Å². The lowest BCUT2D eigenvalue weighted by atomic mass is 10.2. The third kappa shape index (κ3) is 3.26. The van der Waals surface area contributed by atoms with Crippen molar-refractivity contribution in [2.24, 2.45) is 7.05 Å². The highest BCUT2D eigenvalue weighted by molar-refractivity contribution is 7.99. The number of thioether (sulfide) groups is 1. The van der Waals surface area contributed by atoms with E-state index in [2.05, 4.69) is 20.3 Å². The van der Waals surface area contributed by atoms with Crippen molar-refractivity contribution in [2.45, 2.75) is 12.1 Å². The number of amides is 1. The number of hydrogen-bond donors (Lipinski definition) is 2. The molecule has 23 heavy (non-hydrogen) atoms. The first-order chi connectivity index (χ1) is 11.0. The summed E-state index contributed by atoms with van der Waals surface area (Å²) in [6, 6.07) is 7.60. The van der Waals surface area contributed by atoms with Gasteiger partial charge in [-0.1, -0.05) is 23.9 Å². The summed E-state index contributed by atoms with van der Waals surface area (Å²) in [5, 5.41) is 3.41. The average molecular weight is 329 g/mol. The fraction of sp³-hybridized carbons (Fsp3) is 0.200. The van der Waals surface area contributed by atoms with Gasteiger partial charge in [0.15, 0.2) is 16.3 Å². The number of carbonyl (C=O) groups excluding carboxylic acids is 1. The van der Waals surface area contributed by atoms with Crippen molar-refractivity contribution in [3.63, 3.8) is 0 Å². The molecule has 2 aromatic heterocycles. The maximum atomic E-state index is 12.0. The van der Waals surface area contributed by atoms with Crippen molar-refractivity contribution in [1.82, 2.24) is 19.5 Å². The second kappa shape index (κ2) is 6.25. The number of aromatic amines is 1. The number of hydrogen-bond acceptors (Lipinski definition) is 5. The third-order valence-corrected chi connectivity index (χ3v) is 4.29. The molecule has 0 unspecified atom stereocenters. The average Bonchev–Trinajstić information content (AvgIpc) is 2.84. The SMILES string of the molecule is Cc1cccc(NC(=O)CSc2nc3c(=O)[nH]cnc3n2C)c1. The van der Waals surface area contributed by atoms with E-state index in [9.17, 15) is 9.59 Å². The van der Waals surface area contributed by atoms with Gasteiger partial charge >= 0.3 is 0 Å². The molecule has 8 heteroatoms. The summed E-state index contributed by atoms with van der Waals surface area (Å²) in [5.41, 5.74) is 2.32. The molecule has 3 rings (SSSR count). The maximum absolute atomic E-state index is 12.0. The number of carbonyl (C=O) groups is 1. The monoisotopic (exact) mass is 329 g/mol. The Labute approximate surface area is 136 Å². The van der Waals surface area contributed by atoms with Crippen molar-refractivity contribution in [1.29, 1.82) is 0 Å². The van der Waals surface area contributed by atoms with Gasteiger partial charge in [-0.05, 0) is 24.6 Å². The quantitative estimate of drug-likeness (QED) is 0.711. The van der Waals surface area contributed by atoms with Crippen LogP contribution in [0, 0.1) is 6.92 Å². The molecule has 7 nitrogen and oxygen atoms in total. The Balaban J connectivity index is 1.71. The van der Waals surface area contributed by atoms with Crippen LogP contribution >= 0.6 is 11.8 Å². The van der Waals surface area contributed by atoms with E-state index in [1.807, 2.05) is 31.2 Å². The topological polar surface area (TPSA) is 92.7 Å². The lowest BCUT2D eigenvalue weighted by molar-refractivity contribution is -0.113. The number of fused-ring (bicyclic) bond motifs is 1. The zero-order valence-electron chi connectivity index (χ0n) is 12.7. The minimum atomic E-state index is -0.290. The van der Waals surface area contributed by atoms with Crippen LogP contribution in [0.5, 0.6) is 0 Å². The largest absolute Gasteiger partial charge is 0.325 e. The number of nitrogens with zero attached hydrogens (tertiary/aromatic N) is 3. The minimum absolute atomic E-state index is 0.130. The van der Waals surface area contributed by atoms with E-state index in [0.29, 0.717) is 10.8 Å². The molecule has 0 aliphatic carbocycles. The Kier molecular flexibility index (Phi) is 4.16. The molecule has 0 atom stereocenters. The molecule has 0 bridgehead atoms. The normalized spacial score (nSPS) is 10.9. The van der Waals surface area contributed by atoms with E-state index >= 15 is 0 Å². The fourth-order valence-electron chi connectivity index (χ4n) is 2.17. The number of imidazole rings is 1. The van der Waals surface area contributed by atoms with Crippen LogP contribution < -0.4 is 10.9 Å². The van der Waals surface area contributed by atoms with Gasteiger partial charge in [0.25, 0.3) is 5.56 Å². The van der Waals surface area contributed by atoms with Crippen LogP contribution in [0.25, 0.3) is 11.2 Å². The molecule has 1 amide bonds. The van der Waals surface area contributed by atoms with Crippen LogP contribution in [0.4, 0.5) is 5.69 Å². The molecule has 0 aliphatic heterocycles. The van der Waals surface area contributed by atoms with E-state index < -0.39 is 0 Å². The number of aryl methyl sites for hydroxylation is 2. The third-order valence-electron chi connectivity index (χ3n) is 3.26. The Bertz CT molecular complexity index is 931. The Hall–Kier alpha value is -2.61. The number of aromatic nitrogens is 4. The number of anilines is 1. The molecule has 2 N–H and O–H groups in total. The summed E-state index contributed by atoms with van der Waals surface area (Å²) in [4.78, 5) is 34.6. The van der Waals surface area contributed by atoms with Gasteiger partial charge in [-0.15, -0.1) is 0 Å². The van der Waals surface area contributed by atoms with E-state index in [4.69, 9.17) is 0 Å². The van der Waals surface area contributed by atoms with Gasteiger partial charge in [0, 0.05) is 12.7 Å². The molecule has 2 heterocycles. The molecule has 0 radical (unpaired) electrons. The van der Waals surface area contributed by atoms with Crippen molar-refractivity contribution < 1.29 is 4.79 Å². The van der Waals surface area contributed by atoms with E-state index in [1.165, 1.54) is 18.1 Å². The second-order valence-corrected chi connectivity index (χ2v) is 6.01. The van der Waals surface area contributed by atoms with Crippen LogP contribution in [0.2, 0.25) is 0 Å². The van der Waals surface area contributed by atoms with E-state index in [1.54, 1.807) is 11.6 Å².